The third-order valence-corrected chi connectivity index (χ3v) is 5.47. The van der Waals surface area contributed by atoms with E-state index in [1.165, 1.54) is 11.8 Å². The van der Waals surface area contributed by atoms with E-state index in [2.05, 4.69) is 10.3 Å². The van der Waals surface area contributed by atoms with E-state index in [0.29, 0.717) is 54.5 Å². The van der Waals surface area contributed by atoms with E-state index in [0.717, 1.165) is 0 Å². The van der Waals surface area contributed by atoms with Gasteiger partial charge in [-0.3, -0.25) is 14.2 Å². The molecule has 8 nitrogen and oxygen atoms in total. The lowest BCUT2D eigenvalue weighted by molar-refractivity contribution is -0.141. The highest BCUT2D eigenvalue weighted by molar-refractivity contribution is 7.99. The quantitative estimate of drug-likeness (QED) is 0.260. The van der Waals surface area contributed by atoms with Crippen molar-refractivity contribution in [1.82, 2.24) is 14.9 Å². The molecular formula is C22H27N3O5S. The van der Waals surface area contributed by atoms with Gasteiger partial charge in [-0.15, -0.1) is 0 Å². The third kappa shape index (κ3) is 6.43. The van der Waals surface area contributed by atoms with Crippen LogP contribution in [0.2, 0.25) is 0 Å². The Hall–Kier alpha value is -2.62. The summed E-state index contributed by atoms with van der Waals surface area (Å²) in [5.41, 5.74) is 0.462. The molecule has 1 aromatic carbocycles. The number of nitrogens with zero attached hydrogens (tertiary/aromatic N) is 2. The summed E-state index contributed by atoms with van der Waals surface area (Å²) in [6, 6.07) is 10.8. The number of hydrogen-bond acceptors (Lipinski definition) is 7. The minimum Gasteiger partial charge on any atom is -0.467 e. The van der Waals surface area contributed by atoms with Gasteiger partial charge in [0.05, 0.1) is 29.5 Å². The lowest BCUT2D eigenvalue weighted by atomic mass is 10.2. The minimum atomic E-state index is -0.400. The number of furan rings is 1. The zero-order valence-electron chi connectivity index (χ0n) is 17.7. The highest BCUT2D eigenvalue weighted by Crippen LogP contribution is 2.19. The summed E-state index contributed by atoms with van der Waals surface area (Å²) >= 11 is 1.23. The molecule has 0 fully saturated rings. The second-order valence-electron chi connectivity index (χ2n) is 6.64. The number of carbonyl (C=O) groups is 1. The van der Waals surface area contributed by atoms with Crippen molar-refractivity contribution >= 4 is 28.6 Å². The number of benzene rings is 1. The van der Waals surface area contributed by atoms with E-state index < -0.39 is 6.29 Å². The fourth-order valence-electron chi connectivity index (χ4n) is 3.06. The third-order valence-electron chi connectivity index (χ3n) is 4.49. The highest BCUT2D eigenvalue weighted by Gasteiger charge is 2.16. The Balaban J connectivity index is 1.75. The molecule has 0 saturated carbocycles. The van der Waals surface area contributed by atoms with Crippen LogP contribution in [0.25, 0.3) is 10.9 Å². The van der Waals surface area contributed by atoms with Crippen molar-refractivity contribution in [2.45, 2.75) is 44.8 Å². The topological polar surface area (TPSA) is 95.6 Å². The number of amides is 1. The van der Waals surface area contributed by atoms with Crippen LogP contribution in [0.1, 0.15) is 26.0 Å². The normalized spacial score (nSPS) is 11.3. The number of thioether (sulfide) groups is 1. The van der Waals surface area contributed by atoms with Crippen LogP contribution < -0.4 is 10.9 Å². The van der Waals surface area contributed by atoms with Crippen LogP contribution in [0.5, 0.6) is 0 Å². The molecular weight excluding hydrogens is 418 g/mol. The van der Waals surface area contributed by atoms with Crippen LogP contribution >= 0.6 is 11.8 Å². The van der Waals surface area contributed by atoms with E-state index >= 15 is 0 Å². The van der Waals surface area contributed by atoms with Gasteiger partial charge >= 0.3 is 0 Å². The Bertz CT molecular complexity index is 1030. The molecule has 31 heavy (non-hydrogen) atoms. The summed E-state index contributed by atoms with van der Waals surface area (Å²) < 4.78 is 18.0. The summed E-state index contributed by atoms with van der Waals surface area (Å²) in [7, 11) is 0. The van der Waals surface area contributed by atoms with Gasteiger partial charge in [-0.25, -0.2) is 4.98 Å². The van der Waals surface area contributed by atoms with Gasteiger partial charge in [0.25, 0.3) is 5.56 Å². The van der Waals surface area contributed by atoms with Gasteiger partial charge in [0, 0.05) is 26.2 Å². The Kier molecular flexibility index (Phi) is 8.69. The zero-order chi connectivity index (χ0) is 22.1. The summed E-state index contributed by atoms with van der Waals surface area (Å²) in [6.07, 6.45) is 1.66. The second kappa shape index (κ2) is 11.7. The fourth-order valence-corrected chi connectivity index (χ4v) is 3.91. The van der Waals surface area contributed by atoms with Crippen molar-refractivity contribution in [2.24, 2.45) is 0 Å². The van der Waals surface area contributed by atoms with E-state index in [1.807, 2.05) is 26.0 Å². The molecule has 166 valence electrons. The number of aromatic nitrogens is 2. The Morgan fingerprint density at radius 3 is 2.68 bits per heavy atom. The second-order valence-corrected chi connectivity index (χ2v) is 7.58. The number of para-hydroxylation sites is 1. The molecule has 2 aromatic heterocycles. The van der Waals surface area contributed by atoms with E-state index in [9.17, 15) is 9.59 Å². The van der Waals surface area contributed by atoms with Crippen molar-refractivity contribution in [2.75, 3.05) is 19.0 Å². The van der Waals surface area contributed by atoms with Crippen LogP contribution in [-0.2, 0) is 27.4 Å². The monoisotopic (exact) mass is 445 g/mol. The number of carbonyl (C=O) groups excluding carboxylic acids is 1. The minimum absolute atomic E-state index is 0.131. The van der Waals surface area contributed by atoms with E-state index in [4.69, 9.17) is 13.9 Å². The molecule has 0 saturated heterocycles. The van der Waals surface area contributed by atoms with Gasteiger partial charge in [0.15, 0.2) is 11.4 Å². The molecule has 1 N–H and O–H groups in total. The van der Waals surface area contributed by atoms with Crippen LogP contribution in [-0.4, -0.2) is 40.7 Å². The number of fused-ring (bicyclic) bond motifs is 1. The first-order valence-corrected chi connectivity index (χ1v) is 11.3. The lowest BCUT2D eigenvalue weighted by Gasteiger charge is -2.19. The van der Waals surface area contributed by atoms with Crippen molar-refractivity contribution in [1.29, 1.82) is 0 Å². The average molecular weight is 446 g/mol. The summed E-state index contributed by atoms with van der Waals surface area (Å²) in [4.78, 5) is 30.0. The smallest absolute Gasteiger partial charge is 0.262 e. The molecule has 9 heteroatoms. The molecule has 0 aliphatic rings. The van der Waals surface area contributed by atoms with Gasteiger partial charge in [-0.1, -0.05) is 23.9 Å². The lowest BCUT2D eigenvalue weighted by Crippen LogP contribution is -2.28. The largest absolute Gasteiger partial charge is 0.467 e. The standard InChI is InChI=1S/C22H27N3O5S/c1-3-28-20(29-4-2)11-12-25-21(27)17-9-5-6-10-18(17)24-22(25)31-15-19(26)23-14-16-8-7-13-30-16/h5-10,13,20H,3-4,11-12,14-15H2,1-2H3,(H,23,26). The molecule has 0 unspecified atom stereocenters. The number of hydrogen-bond donors (Lipinski definition) is 1. The summed E-state index contributed by atoms with van der Waals surface area (Å²) in [5, 5.41) is 3.83. The Labute approximate surface area is 184 Å². The first-order valence-electron chi connectivity index (χ1n) is 10.3. The summed E-state index contributed by atoms with van der Waals surface area (Å²) in [5.74, 6) is 0.639. The van der Waals surface area contributed by atoms with Crippen molar-refractivity contribution < 1.29 is 18.7 Å². The molecule has 0 bridgehead atoms. The predicted molar refractivity (Wildman–Crippen MR) is 119 cm³/mol. The molecule has 2 heterocycles. The van der Waals surface area contributed by atoms with Gasteiger partial charge in [-0.05, 0) is 38.1 Å². The van der Waals surface area contributed by atoms with Crippen molar-refractivity contribution in [3.05, 3.63) is 58.8 Å². The highest BCUT2D eigenvalue weighted by atomic mass is 32.2. The molecule has 3 rings (SSSR count). The number of ether oxygens (including phenoxy) is 2. The van der Waals surface area contributed by atoms with Gasteiger partial charge in [-0.2, -0.15) is 0 Å². The molecule has 0 spiro atoms. The zero-order valence-corrected chi connectivity index (χ0v) is 18.5. The Morgan fingerprint density at radius 1 is 1.19 bits per heavy atom. The molecule has 1 amide bonds. The fraction of sp³-hybridized carbons (Fsp3) is 0.409. The molecule has 0 aliphatic heterocycles. The van der Waals surface area contributed by atoms with Gasteiger partial charge in [0.2, 0.25) is 5.91 Å². The maximum atomic E-state index is 13.1. The maximum absolute atomic E-state index is 13.1. The molecule has 0 aliphatic carbocycles. The maximum Gasteiger partial charge on any atom is 0.262 e. The molecule has 0 radical (unpaired) electrons. The van der Waals surface area contributed by atoms with Gasteiger partial charge in [0.1, 0.15) is 5.76 Å². The molecule has 3 aromatic rings. The average Bonchev–Trinajstić information content (AvgIpc) is 3.30. The van der Waals surface area contributed by atoms with Crippen LogP contribution in [0.3, 0.4) is 0 Å². The van der Waals surface area contributed by atoms with Crippen LogP contribution in [0.4, 0.5) is 0 Å². The van der Waals surface area contributed by atoms with Crippen LogP contribution in [0, 0.1) is 0 Å². The first-order chi connectivity index (χ1) is 15.1. The van der Waals surface area contributed by atoms with Crippen molar-refractivity contribution in [3.8, 4) is 0 Å². The first kappa shape index (κ1) is 23.1. The summed E-state index contributed by atoms with van der Waals surface area (Å²) in [6.45, 7) is 5.53. The predicted octanol–water partition coefficient (Wildman–Crippen LogP) is 3.19. The number of rotatable bonds is 12. The van der Waals surface area contributed by atoms with E-state index in [-0.39, 0.29) is 17.2 Å². The van der Waals surface area contributed by atoms with Crippen molar-refractivity contribution in [3.63, 3.8) is 0 Å². The number of nitrogens with one attached hydrogen (secondary N) is 1. The van der Waals surface area contributed by atoms with Crippen LogP contribution in [0.15, 0.2) is 57.0 Å². The van der Waals surface area contributed by atoms with Gasteiger partial charge < -0.3 is 19.2 Å². The Morgan fingerprint density at radius 2 is 1.97 bits per heavy atom. The molecule has 0 atom stereocenters. The SMILES string of the molecule is CCOC(CCn1c(SCC(=O)NCc2ccco2)nc2ccccc2c1=O)OCC. The van der Waals surface area contributed by atoms with E-state index in [1.54, 1.807) is 35.1 Å².